The van der Waals surface area contributed by atoms with Gasteiger partial charge in [0.25, 0.3) is 0 Å². The maximum atomic E-state index is 13.6. The summed E-state index contributed by atoms with van der Waals surface area (Å²) in [6.45, 7) is 8.75. The number of aromatic nitrogens is 2. The third kappa shape index (κ3) is 5.82. The Hall–Kier alpha value is -1.48. The molecule has 0 radical (unpaired) electrons. The van der Waals surface area contributed by atoms with E-state index in [0.29, 0.717) is 18.4 Å². The van der Waals surface area contributed by atoms with Crippen LogP contribution in [0.2, 0.25) is 0 Å². The van der Waals surface area contributed by atoms with Crippen LogP contribution in [0.5, 0.6) is 0 Å². The lowest BCUT2D eigenvalue weighted by Gasteiger charge is -2.40. The molecular weight excluding hydrogens is 454 g/mol. The van der Waals surface area contributed by atoms with Gasteiger partial charge in [-0.25, -0.2) is 0 Å². The number of hydrogen-bond acceptors (Lipinski definition) is 6. The number of amides is 1. The van der Waals surface area contributed by atoms with Gasteiger partial charge in [0.2, 0.25) is 5.91 Å². The van der Waals surface area contributed by atoms with Gasteiger partial charge in [0.05, 0.1) is 37.7 Å². The van der Waals surface area contributed by atoms with E-state index in [4.69, 9.17) is 14.6 Å². The van der Waals surface area contributed by atoms with Gasteiger partial charge in [-0.15, -0.1) is 0 Å². The smallest absolute Gasteiger partial charge is 0.228 e. The molecule has 2 heterocycles. The van der Waals surface area contributed by atoms with E-state index in [1.54, 1.807) is 14.2 Å². The number of rotatable bonds is 11. The molecule has 0 bridgehead atoms. The molecule has 2 fully saturated rings. The minimum absolute atomic E-state index is 0.107. The van der Waals surface area contributed by atoms with Crippen LogP contribution in [0.3, 0.4) is 0 Å². The maximum Gasteiger partial charge on any atom is 0.228 e. The lowest BCUT2D eigenvalue weighted by Crippen LogP contribution is -2.45. The van der Waals surface area contributed by atoms with E-state index in [1.165, 1.54) is 29.8 Å². The van der Waals surface area contributed by atoms with Crippen molar-refractivity contribution in [2.75, 3.05) is 61.2 Å². The highest BCUT2D eigenvalue weighted by Crippen LogP contribution is 2.46. The van der Waals surface area contributed by atoms with Crippen molar-refractivity contribution in [2.45, 2.75) is 83.8 Å². The summed E-state index contributed by atoms with van der Waals surface area (Å²) < 4.78 is 13.5. The summed E-state index contributed by atoms with van der Waals surface area (Å²) in [5, 5.41) is 8.42. The molecule has 0 spiro atoms. The summed E-state index contributed by atoms with van der Waals surface area (Å²) in [4.78, 5) is 18.1. The number of hydrogen-bond donors (Lipinski definition) is 1. The van der Waals surface area contributed by atoms with E-state index in [9.17, 15) is 4.79 Å². The fraction of sp³-hybridized carbons (Fsp3) is 0.857. The standard InChI is InChI=1S/C28H49N5O3/c1-27(10-6-7-11-27)26(34)32-16-17-33-24(19-32)25(23(30-33)18-31(3)15-14-29-2)22-8-12-28(13-9-22,20-35-4)21-36-5/h22,29H,6-21H2,1-5H3. The topological polar surface area (TPSA) is 71.9 Å². The van der Waals surface area contributed by atoms with Gasteiger partial charge >= 0.3 is 0 Å². The third-order valence-corrected chi connectivity index (χ3v) is 9.13. The van der Waals surface area contributed by atoms with Gasteiger partial charge in [-0.05, 0) is 58.5 Å². The molecule has 8 nitrogen and oxygen atoms in total. The number of nitrogens with one attached hydrogen (secondary N) is 1. The Labute approximate surface area is 218 Å². The van der Waals surface area contributed by atoms with Gasteiger partial charge in [0.1, 0.15) is 0 Å². The van der Waals surface area contributed by atoms with Gasteiger partial charge in [0.15, 0.2) is 0 Å². The lowest BCUT2D eigenvalue weighted by molar-refractivity contribution is -0.142. The Bertz CT molecular complexity index is 863. The number of nitrogens with zero attached hydrogens (tertiary/aromatic N) is 4. The Morgan fingerprint density at radius 1 is 1.11 bits per heavy atom. The molecule has 0 aromatic carbocycles. The normalized spacial score (nSPS) is 21.8. The Balaban J connectivity index is 1.58. The molecule has 4 rings (SSSR count). The van der Waals surface area contributed by atoms with Crippen LogP contribution in [0.4, 0.5) is 0 Å². The van der Waals surface area contributed by atoms with Crippen LogP contribution in [0.25, 0.3) is 0 Å². The van der Waals surface area contributed by atoms with Crippen molar-refractivity contribution in [3.63, 3.8) is 0 Å². The van der Waals surface area contributed by atoms with E-state index < -0.39 is 0 Å². The summed E-state index contributed by atoms with van der Waals surface area (Å²) in [7, 11) is 7.78. The Morgan fingerprint density at radius 2 is 1.78 bits per heavy atom. The summed E-state index contributed by atoms with van der Waals surface area (Å²) in [5.41, 5.74) is 3.84. The second kappa shape index (κ2) is 11.9. The highest BCUT2D eigenvalue weighted by atomic mass is 16.5. The molecule has 2 aliphatic carbocycles. The number of carbonyl (C=O) groups excluding carboxylic acids is 1. The maximum absolute atomic E-state index is 13.6. The summed E-state index contributed by atoms with van der Waals surface area (Å²) in [5.74, 6) is 0.828. The van der Waals surface area contributed by atoms with Gasteiger partial charge in [0, 0.05) is 56.8 Å². The second-order valence-electron chi connectivity index (χ2n) is 12.0. The number of ether oxygens (including phenoxy) is 2. The zero-order valence-corrected chi connectivity index (χ0v) is 23.4. The van der Waals surface area contributed by atoms with Gasteiger partial charge < -0.3 is 19.7 Å². The second-order valence-corrected chi connectivity index (χ2v) is 12.0. The minimum atomic E-state index is -0.177. The largest absolute Gasteiger partial charge is 0.384 e. The first-order valence-corrected chi connectivity index (χ1v) is 14.0. The predicted octanol–water partition coefficient (Wildman–Crippen LogP) is 3.39. The van der Waals surface area contributed by atoms with Gasteiger partial charge in [-0.2, -0.15) is 5.10 Å². The zero-order chi connectivity index (χ0) is 25.8. The van der Waals surface area contributed by atoms with Crippen LogP contribution < -0.4 is 5.32 Å². The molecule has 1 N–H and O–H groups in total. The molecular formula is C28H49N5O3. The number of likely N-dealkylation sites (N-methyl/N-ethyl adjacent to an activating group) is 2. The molecule has 1 amide bonds. The quantitative estimate of drug-likeness (QED) is 0.499. The van der Waals surface area contributed by atoms with Crippen LogP contribution >= 0.6 is 0 Å². The van der Waals surface area contributed by atoms with Crippen molar-refractivity contribution in [3.05, 3.63) is 17.0 Å². The van der Waals surface area contributed by atoms with E-state index >= 15 is 0 Å². The van der Waals surface area contributed by atoms with Crippen LogP contribution in [0.15, 0.2) is 0 Å². The first-order chi connectivity index (χ1) is 17.3. The molecule has 0 unspecified atom stereocenters. The van der Waals surface area contributed by atoms with Gasteiger partial charge in [-0.1, -0.05) is 19.8 Å². The Kier molecular flexibility index (Phi) is 9.13. The first kappa shape index (κ1) is 27.6. The molecule has 204 valence electrons. The molecule has 8 heteroatoms. The highest BCUT2D eigenvalue weighted by molar-refractivity contribution is 5.82. The molecule has 36 heavy (non-hydrogen) atoms. The van der Waals surface area contributed by atoms with Crippen molar-refractivity contribution in [1.82, 2.24) is 24.9 Å². The molecule has 1 aliphatic heterocycles. The molecule has 0 atom stereocenters. The average Bonchev–Trinajstić information content (AvgIpc) is 3.47. The minimum Gasteiger partial charge on any atom is -0.384 e. The van der Waals surface area contributed by atoms with Crippen LogP contribution in [0, 0.1) is 10.8 Å². The molecule has 3 aliphatic rings. The summed E-state index contributed by atoms with van der Waals surface area (Å²) in [6.07, 6.45) is 8.83. The van der Waals surface area contributed by atoms with Crippen molar-refractivity contribution < 1.29 is 14.3 Å². The predicted molar refractivity (Wildman–Crippen MR) is 142 cm³/mol. The summed E-state index contributed by atoms with van der Waals surface area (Å²) in [6, 6.07) is 0. The van der Waals surface area contributed by atoms with E-state index in [0.717, 1.165) is 84.5 Å². The summed E-state index contributed by atoms with van der Waals surface area (Å²) >= 11 is 0. The number of fused-ring (bicyclic) bond motifs is 1. The van der Waals surface area contributed by atoms with Crippen LogP contribution in [-0.2, 0) is 33.9 Å². The molecule has 2 saturated carbocycles. The molecule has 1 aromatic heterocycles. The number of carbonyl (C=O) groups is 1. The van der Waals surface area contributed by atoms with Crippen molar-refractivity contribution in [2.24, 2.45) is 10.8 Å². The van der Waals surface area contributed by atoms with Crippen molar-refractivity contribution in [1.29, 1.82) is 0 Å². The van der Waals surface area contributed by atoms with Crippen LogP contribution in [0.1, 0.15) is 81.2 Å². The monoisotopic (exact) mass is 503 g/mol. The lowest BCUT2D eigenvalue weighted by atomic mass is 9.69. The highest BCUT2D eigenvalue weighted by Gasteiger charge is 2.42. The Morgan fingerprint density at radius 3 is 2.39 bits per heavy atom. The first-order valence-electron chi connectivity index (χ1n) is 14.0. The fourth-order valence-corrected chi connectivity index (χ4v) is 7.00. The zero-order valence-electron chi connectivity index (χ0n) is 23.4. The van der Waals surface area contributed by atoms with E-state index in [-0.39, 0.29) is 10.8 Å². The molecule has 1 aromatic rings. The van der Waals surface area contributed by atoms with E-state index in [2.05, 4.69) is 33.8 Å². The number of methoxy groups -OCH3 is 2. The average molecular weight is 504 g/mol. The fourth-order valence-electron chi connectivity index (χ4n) is 7.00. The SMILES string of the molecule is CNCCN(C)Cc1nn2c(c1C1CCC(COC)(COC)CC1)CN(C(=O)C1(C)CCCC1)CC2. The molecule has 0 saturated heterocycles. The third-order valence-electron chi connectivity index (χ3n) is 9.13. The van der Waals surface area contributed by atoms with Gasteiger partial charge in [-0.3, -0.25) is 14.4 Å². The van der Waals surface area contributed by atoms with E-state index in [1.807, 2.05) is 7.05 Å². The van der Waals surface area contributed by atoms with Crippen LogP contribution in [-0.4, -0.2) is 86.7 Å². The van der Waals surface area contributed by atoms with Crippen molar-refractivity contribution >= 4 is 5.91 Å². The van der Waals surface area contributed by atoms with Crippen molar-refractivity contribution in [3.8, 4) is 0 Å².